The minimum Gasteiger partial charge on any atom is -0.0652 e. The van der Waals surface area contributed by atoms with E-state index in [1.807, 2.05) is 0 Å². The summed E-state index contributed by atoms with van der Waals surface area (Å²) in [5.41, 5.74) is 0. The van der Waals surface area contributed by atoms with Crippen molar-refractivity contribution in [2.45, 2.75) is 45.2 Å². The van der Waals surface area contributed by atoms with E-state index in [9.17, 15) is 0 Å². The highest BCUT2D eigenvalue weighted by molar-refractivity contribution is 7.75. The van der Waals surface area contributed by atoms with Crippen molar-refractivity contribution in [1.29, 1.82) is 0 Å². The second kappa shape index (κ2) is 3.90. The van der Waals surface area contributed by atoms with Crippen LogP contribution >= 0.6 is 7.26 Å². The molecule has 1 atom stereocenters. The lowest BCUT2D eigenvalue weighted by molar-refractivity contribution is 0.545. The average Bonchev–Trinajstić information content (AvgIpc) is 1.86. The Hall–Kier alpha value is 0.430. The highest BCUT2D eigenvalue weighted by Gasteiger charge is 2.41. The van der Waals surface area contributed by atoms with Crippen molar-refractivity contribution in [3.8, 4) is 0 Å². The van der Waals surface area contributed by atoms with Gasteiger partial charge < -0.3 is 0 Å². The zero-order valence-corrected chi connectivity index (χ0v) is 9.96. The zero-order valence-electron chi connectivity index (χ0n) is 9.07. The SMILES string of the molecule is CCC[C@](C)(CC)[P+](C)(C)C. The molecular formula is C10H24P+. The van der Waals surface area contributed by atoms with Gasteiger partial charge in [0.05, 0.1) is 5.16 Å². The van der Waals surface area contributed by atoms with Crippen LogP contribution in [0.1, 0.15) is 40.0 Å². The third-order valence-electron chi connectivity index (χ3n) is 3.17. The number of hydrogen-bond donors (Lipinski definition) is 0. The smallest absolute Gasteiger partial charge is 0.0652 e. The summed E-state index contributed by atoms with van der Waals surface area (Å²) in [6, 6.07) is 0. The lowest BCUT2D eigenvalue weighted by Gasteiger charge is -2.34. The van der Waals surface area contributed by atoms with Crippen LogP contribution in [0.3, 0.4) is 0 Å². The standard InChI is InChI=1S/C10H24P/c1-7-9-10(3,8-2)11(4,5)6/h7-9H2,1-6H3/q+1/t10-/m0/s1. The van der Waals surface area contributed by atoms with E-state index in [0.29, 0.717) is 5.16 Å². The van der Waals surface area contributed by atoms with E-state index in [1.165, 1.54) is 19.3 Å². The molecule has 0 aliphatic heterocycles. The summed E-state index contributed by atoms with van der Waals surface area (Å²) >= 11 is 0. The molecule has 0 aromatic carbocycles. The molecular weight excluding hydrogens is 151 g/mol. The lowest BCUT2D eigenvalue weighted by atomic mass is 10.0. The fourth-order valence-corrected chi connectivity index (χ4v) is 3.37. The maximum absolute atomic E-state index is 2.46. The van der Waals surface area contributed by atoms with E-state index in [2.05, 4.69) is 40.8 Å². The molecule has 0 aromatic rings. The van der Waals surface area contributed by atoms with Crippen LogP contribution in [-0.2, 0) is 0 Å². The fraction of sp³-hybridized carbons (Fsp3) is 1.00. The molecule has 0 aromatic heterocycles. The van der Waals surface area contributed by atoms with Gasteiger partial charge in [0.1, 0.15) is 0 Å². The first-order valence-electron chi connectivity index (χ1n) is 4.69. The predicted molar refractivity (Wildman–Crippen MR) is 58.3 cm³/mol. The van der Waals surface area contributed by atoms with Gasteiger partial charge in [-0.25, -0.2) is 0 Å². The van der Waals surface area contributed by atoms with Crippen LogP contribution in [0.2, 0.25) is 0 Å². The highest BCUT2D eigenvalue weighted by Crippen LogP contribution is 2.62. The first kappa shape index (κ1) is 11.4. The van der Waals surface area contributed by atoms with Gasteiger partial charge in [-0.2, -0.15) is 0 Å². The van der Waals surface area contributed by atoms with E-state index < -0.39 is 7.26 Å². The van der Waals surface area contributed by atoms with Crippen LogP contribution in [0.25, 0.3) is 0 Å². The molecule has 0 saturated carbocycles. The summed E-state index contributed by atoms with van der Waals surface area (Å²) in [6.07, 6.45) is 4.08. The van der Waals surface area contributed by atoms with E-state index in [4.69, 9.17) is 0 Å². The van der Waals surface area contributed by atoms with Gasteiger partial charge in [0.25, 0.3) is 0 Å². The van der Waals surface area contributed by atoms with Gasteiger partial charge in [0, 0.05) is 27.3 Å². The van der Waals surface area contributed by atoms with E-state index in [1.54, 1.807) is 0 Å². The second-order valence-corrected chi connectivity index (χ2v) is 9.72. The van der Waals surface area contributed by atoms with E-state index in [0.717, 1.165) is 0 Å². The summed E-state index contributed by atoms with van der Waals surface area (Å²) in [6.45, 7) is 14.5. The van der Waals surface area contributed by atoms with Crippen LogP contribution in [-0.4, -0.2) is 25.2 Å². The molecule has 0 spiro atoms. The van der Waals surface area contributed by atoms with Gasteiger partial charge in [0.15, 0.2) is 0 Å². The molecule has 0 N–H and O–H groups in total. The average molecular weight is 175 g/mol. The predicted octanol–water partition coefficient (Wildman–Crippen LogP) is 3.86. The normalized spacial score (nSPS) is 18.0. The molecule has 0 nitrogen and oxygen atoms in total. The van der Waals surface area contributed by atoms with Crippen LogP contribution in [0.15, 0.2) is 0 Å². The van der Waals surface area contributed by atoms with Gasteiger partial charge in [-0.3, -0.25) is 0 Å². The molecule has 1 heteroatoms. The first-order chi connectivity index (χ1) is 4.87. The van der Waals surface area contributed by atoms with Crippen molar-refractivity contribution in [2.75, 3.05) is 20.0 Å². The number of hydrogen-bond acceptors (Lipinski definition) is 0. The monoisotopic (exact) mass is 175 g/mol. The van der Waals surface area contributed by atoms with Crippen molar-refractivity contribution in [3.05, 3.63) is 0 Å². The molecule has 0 aliphatic rings. The number of rotatable bonds is 4. The molecule has 0 bridgehead atoms. The maximum Gasteiger partial charge on any atom is 0.0760 e. The van der Waals surface area contributed by atoms with Crippen molar-refractivity contribution in [3.63, 3.8) is 0 Å². The molecule has 0 heterocycles. The van der Waals surface area contributed by atoms with Gasteiger partial charge in [0.2, 0.25) is 0 Å². The Morgan fingerprint density at radius 3 is 1.64 bits per heavy atom. The largest absolute Gasteiger partial charge is 0.0760 e. The second-order valence-electron chi connectivity index (χ2n) is 4.61. The summed E-state index contributed by atoms with van der Waals surface area (Å²) in [4.78, 5) is 0. The van der Waals surface area contributed by atoms with Crippen LogP contribution in [0, 0.1) is 0 Å². The van der Waals surface area contributed by atoms with Crippen LogP contribution < -0.4 is 0 Å². The minimum atomic E-state index is -0.654. The topological polar surface area (TPSA) is 0 Å². The van der Waals surface area contributed by atoms with Crippen molar-refractivity contribution < 1.29 is 0 Å². The third-order valence-corrected chi connectivity index (χ3v) is 6.95. The van der Waals surface area contributed by atoms with Gasteiger partial charge in [-0.15, -0.1) is 0 Å². The Kier molecular flexibility index (Phi) is 4.05. The molecule has 0 fully saturated rings. The molecule has 0 saturated heterocycles. The Balaban J connectivity index is 4.33. The summed E-state index contributed by atoms with van der Waals surface area (Å²) in [7, 11) is -0.654. The van der Waals surface area contributed by atoms with E-state index in [-0.39, 0.29) is 0 Å². The lowest BCUT2D eigenvalue weighted by Crippen LogP contribution is -2.26. The summed E-state index contributed by atoms with van der Waals surface area (Å²) < 4.78 is 0. The minimum absolute atomic E-state index is 0.641. The molecule has 11 heavy (non-hydrogen) atoms. The quantitative estimate of drug-likeness (QED) is 0.569. The fourth-order valence-electron chi connectivity index (χ4n) is 1.53. The van der Waals surface area contributed by atoms with Crippen molar-refractivity contribution in [2.24, 2.45) is 0 Å². The molecule has 0 amide bonds. The van der Waals surface area contributed by atoms with Crippen LogP contribution in [0.5, 0.6) is 0 Å². The summed E-state index contributed by atoms with van der Waals surface area (Å²) in [5.74, 6) is 0. The Morgan fingerprint density at radius 2 is 1.55 bits per heavy atom. The Morgan fingerprint density at radius 1 is 1.09 bits per heavy atom. The van der Waals surface area contributed by atoms with E-state index >= 15 is 0 Å². The van der Waals surface area contributed by atoms with Crippen molar-refractivity contribution in [1.82, 2.24) is 0 Å². The molecule has 0 aliphatic carbocycles. The zero-order chi connectivity index (χ0) is 9.12. The van der Waals surface area contributed by atoms with Crippen molar-refractivity contribution >= 4 is 7.26 Å². The Bertz CT molecular complexity index is 113. The highest BCUT2D eigenvalue weighted by atomic mass is 31.2. The summed E-state index contributed by atoms with van der Waals surface area (Å²) in [5, 5.41) is 0.641. The third kappa shape index (κ3) is 2.75. The molecule has 68 valence electrons. The maximum atomic E-state index is 2.46. The first-order valence-corrected chi connectivity index (χ1v) is 7.82. The molecule has 0 rings (SSSR count). The molecule has 0 radical (unpaired) electrons. The Labute approximate surface area is 73.1 Å². The van der Waals surface area contributed by atoms with Crippen LogP contribution in [0.4, 0.5) is 0 Å². The molecule has 0 unspecified atom stereocenters. The van der Waals surface area contributed by atoms with Gasteiger partial charge in [-0.1, -0.05) is 20.3 Å². The van der Waals surface area contributed by atoms with Gasteiger partial charge in [-0.05, 0) is 19.8 Å². The van der Waals surface area contributed by atoms with Gasteiger partial charge >= 0.3 is 0 Å².